The highest BCUT2D eigenvalue weighted by molar-refractivity contribution is 6.08. The number of hydrogen-bond acceptors (Lipinski definition) is 5. The zero-order valence-electron chi connectivity index (χ0n) is 20.0. The number of amides is 1. The topological polar surface area (TPSA) is 103 Å². The highest BCUT2D eigenvalue weighted by Crippen LogP contribution is 2.45. The molecule has 1 aromatic carbocycles. The van der Waals surface area contributed by atoms with Crippen molar-refractivity contribution < 1.29 is 9.53 Å². The first-order chi connectivity index (χ1) is 16.9. The van der Waals surface area contributed by atoms with Crippen molar-refractivity contribution in [1.82, 2.24) is 29.5 Å². The lowest BCUT2D eigenvalue weighted by Crippen LogP contribution is -2.08. The van der Waals surface area contributed by atoms with Gasteiger partial charge in [0, 0.05) is 60.6 Å². The Morgan fingerprint density at radius 3 is 2.43 bits per heavy atom. The first-order valence-corrected chi connectivity index (χ1v) is 11.0. The zero-order chi connectivity index (χ0) is 24.7. The summed E-state index contributed by atoms with van der Waals surface area (Å²) in [7, 11) is 5.40. The highest BCUT2D eigenvalue weighted by Gasteiger charge is 2.24. The molecule has 5 rings (SSSR count). The third kappa shape index (κ3) is 3.86. The maximum absolute atomic E-state index is 12.1. The summed E-state index contributed by atoms with van der Waals surface area (Å²) in [6.07, 6.45) is 10.5. The maximum atomic E-state index is 12.1. The molecule has 5 aromatic rings. The number of carbonyl (C=O) groups excluding carboxylic acids is 1. The Labute approximate surface area is 202 Å². The molecule has 9 heteroatoms. The molecule has 0 fully saturated rings. The Hall–Kier alpha value is -4.66. The van der Waals surface area contributed by atoms with E-state index >= 15 is 0 Å². The number of H-pyrrole nitrogens is 1. The zero-order valence-corrected chi connectivity index (χ0v) is 20.0. The number of methoxy groups -OCH3 is 1. The van der Waals surface area contributed by atoms with Gasteiger partial charge in [-0.15, -0.1) is 0 Å². The normalized spacial score (nSPS) is 11.1. The minimum atomic E-state index is -0.269. The lowest BCUT2D eigenvalue weighted by molar-refractivity contribution is -0.111. The molecule has 0 saturated carbocycles. The van der Waals surface area contributed by atoms with Crippen LogP contribution in [0.15, 0.2) is 61.8 Å². The number of aromatic nitrogens is 6. The van der Waals surface area contributed by atoms with E-state index in [2.05, 4.69) is 27.1 Å². The van der Waals surface area contributed by atoms with Gasteiger partial charge in [0.25, 0.3) is 0 Å². The van der Waals surface area contributed by atoms with Crippen LogP contribution in [0.3, 0.4) is 0 Å². The van der Waals surface area contributed by atoms with E-state index in [-0.39, 0.29) is 5.91 Å². The molecule has 0 unspecified atom stereocenters. The lowest BCUT2D eigenvalue weighted by atomic mass is 9.96. The fourth-order valence-corrected chi connectivity index (χ4v) is 4.26. The summed E-state index contributed by atoms with van der Waals surface area (Å²) in [4.78, 5) is 20.3. The minimum absolute atomic E-state index is 0.269. The predicted octanol–water partition coefficient (Wildman–Crippen LogP) is 4.47. The fraction of sp³-hybridized carbons (Fsp3) is 0.154. The van der Waals surface area contributed by atoms with Gasteiger partial charge in [-0.1, -0.05) is 18.7 Å². The molecule has 0 aliphatic rings. The summed E-state index contributed by atoms with van der Waals surface area (Å²) in [5.74, 6) is 0.413. The van der Waals surface area contributed by atoms with Crippen molar-refractivity contribution in [2.45, 2.75) is 6.92 Å². The molecule has 0 atom stereocenters. The second-order valence-corrected chi connectivity index (χ2v) is 8.33. The van der Waals surface area contributed by atoms with Gasteiger partial charge in [0.1, 0.15) is 11.4 Å². The molecule has 0 bridgehead atoms. The number of aromatic amines is 1. The number of nitrogens with zero attached hydrogens (tertiary/aromatic N) is 5. The summed E-state index contributed by atoms with van der Waals surface area (Å²) < 4.78 is 9.47. The van der Waals surface area contributed by atoms with Crippen molar-refractivity contribution in [1.29, 1.82) is 0 Å². The van der Waals surface area contributed by atoms with E-state index in [1.165, 1.54) is 6.08 Å². The largest absolute Gasteiger partial charge is 0.495 e. The van der Waals surface area contributed by atoms with Crippen LogP contribution < -0.4 is 10.1 Å². The van der Waals surface area contributed by atoms with E-state index in [9.17, 15) is 4.79 Å². The second kappa shape index (κ2) is 8.60. The van der Waals surface area contributed by atoms with Crippen LogP contribution in [0.5, 0.6) is 5.75 Å². The Balaban J connectivity index is 1.83. The number of pyridine rings is 1. The molecule has 4 heterocycles. The van der Waals surface area contributed by atoms with Crippen LogP contribution in [0.4, 0.5) is 5.69 Å². The number of carbonyl (C=O) groups is 1. The number of fused-ring (bicyclic) bond motifs is 1. The smallest absolute Gasteiger partial charge is 0.247 e. The monoisotopic (exact) mass is 467 g/mol. The van der Waals surface area contributed by atoms with Crippen LogP contribution in [0.1, 0.15) is 5.56 Å². The first-order valence-electron chi connectivity index (χ1n) is 11.0. The van der Waals surface area contributed by atoms with E-state index in [4.69, 9.17) is 9.72 Å². The van der Waals surface area contributed by atoms with Gasteiger partial charge in [-0.05, 0) is 30.2 Å². The molecule has 9 nitrogen and oxygen atoms in total. The number of aryl methyl sites for hydroxylation is 3. The first kappa shape index (κ1) is 22.1. The van der Waals surface area contributed by atoms with Gasteiger partial charge in [0.15, 0.2) is 0 Å². The van der Waals surface area contributed by atoms with Gasteiger partial charge in [-0.3, -0.25) is 14.2 Å². The van der Waals surface area contributed by atoms with Crippen molar-refractivity contribution in [3.8, 4) is 39.3 Å². The highest BCUT2D eigenvalue weighted by atomic mass is 16.5. The summed E-state index contributed by atoms with van der Waals surface area (Å²) in [6, 6.07) is 5.96. The molecule has 0 saturated heterocycles. The van der Waals surface area contributed by atoms with E-state index in [0.29, 0.717) is 17.1 Å². The molecule has 4 aromatic heterocycles. The van der Waals surface area contributed by atoms with Crippen LogP contribution >= 0.6 is 0 Å². The lowest BCUT2D eigenvalue weighted by Gasteiger charge is -2.13. The minimum Gasteiger partial charge on any atom is -0.495 e. The SMILES string of the molecule is C=CC(=O)Nc1cc(-c2c(-c3cnn(C)c3)[nH]c3ncc(-c4cnn(C)c4)c(OC)c23)ccc1C. The standard InChI is InChI=1S/C26H25N7O2/c1-6-21(34)30-20-9-16(8-7-15(20)2)22-23-25(35-5)19(17-10-28-32(3)13-17)12-27-26(23)31-24(22)18-11-29-33(4)14-18/h6-14H,1H2,2-5H3,(H,27,31)(H,30,34). The van der Waals surface area contributed by atoms with Crippen molar-refractivity contribution in [3.05, 3.63) is 67.4 Å². The van der Waals surface area contributed by atoms with E-state index in [1.54, 1.807) is 35.1 Å². The molecule has 176 valence electrons. The molecule has 1 amide bonds. The van der Waals surface area contributed by atoms with Crippen molar-refractivity contribution in [2.24, 2.45) is 14.1 Å². The van der Waals surface area contributed by atoms with E-state index < -0.39 is 0 Å². The molecule has 0 aliphatic carbocycles. The number of benzene rings is 1. The molecule has 35 heavy (non-hydrogen) atoms. The van der Waals surface area contributed by atoms with Gasteiger partial charge < -0.3 is 15.0 Å². The van der Waals surface area contributed by atoms with Crippen molar-refractivity contribution in [2.75, 3.05) is 12.4 Å². The van der Waals surface area contributed by atoms with Gasteiger partial charge >= 0.3 is 0 Å². The van der Waals surface area contributed by atoms with Gasteiger partial charge in [-0.25, -0.2) is 4.98 Å². The van der Waals surface area contributed by atoms with Crippen LogP contribution in [-0.2, 0) is 18.9 Å². The van der Waals surface area contributed by atoms with Crippen LogP contribution in [-0.4, -0.2) is 42.5 Å². The second-order valence-electron chi connectivity index (χ2n) is 8.33. The van der Waals surface area contributed by atoms with Crippen LogP contribution in [0.2, 0.25) is 0 Å². The van der Waals surface area contributed by atoms with Crippen LogP contribution in [0.25, 0.3) is 44.5 Å². The Morgan fingerprint density at radius 1 is 1.09 bits per heavy atom. The average Bonchev–Trinajstić information content (AvgIpc) is 3.57. The maximum Gasteiger partial charge on any atom is 0.247 e. The van der Waals surface area contributed by atoms with Gasteiger partial charge in [0.05, 0.1) is 30.6 Å². The third-order valence-corrected chi connectivity index (χ3v) is 5.96. The number of rotatable bonds is 6. The average molecular weight is 468 g/mol. The van der Waals surface area contributed by atoms with Crippen LogP contribution in [0, 0.1) is 6.92 Å². The summed E-state index contributed by atoms with van der Waals surface area (Å²) >= 11 is 0. The third-order valence-electron chi connectivity index (χ3n) is 5.96. The molecular formula is C26H25N7O2. The van der Waals surface area contributed by atoms with Crippen molar-refractivity contribution >= 4 is 22.6 Å². The summed E-state index contributed by atoms with van der Waals surface area (Å²) in [5.41, 5.74) is 7.60. The van der Waals surface area contributed by atoms with E-state index in [0.717, 1.165) is 44.5 Å². The Bertz CT molecular complexity index is 1590. The van der Waals surface area contributed by atoms with Crippen molar-refractivity contribution in [3.63, 3.8) is 0 Å². The fourth-order valence-electron chi connectivity index (χ4n) is 4.26. The molecule has 2 N–H and O–H groups in total. The Morgan fingerprint density at radius 2 is 1.80 bits per heavy atom. The van der Waals surface area contributed by atoms with Gasteiger partial charge in [-0.2, -0.15) is 10.2 Å². The molecule has 0 spiro atoms. The van der Waals surface area contributed by atoms with Gasteiger partial charge in [0.2, 0.25) is 5.91 Å². The van der Waals surface area contributed by atoms with E-state index in [1.807, 2.05) is 51.6 Å². The quantitative estimate of drug-likeness (QED) is 0.359. The Kier molecular flexibility index (Phi) is 5.44. The number of ether oxygens (including phenoxy) is 1. The number of hydrogen-bond donors (Lipinski definition) is 2. The number of nitrogens with one attached hydrogen (secondary N) is 2. The number of anilines is 1. The summed E-state index contributed by atoms with van der Waals surface area (Å²) in [5, 5.41) is 12.4. The predicted molar refractivity (Wildman–Crippen MR) is 136 cm³/mol. The molecule has 0 radical (unpaired) electrons. The molecular weight excluding hydrogens is 442 g/mol. The molecule has 0 aliphatic heterocycles. The summed E-state index contributed by atoms with van der Waals surface area (Å²) in [6.45, 7) is 5.51.